The summed E-state index contributed by atoms with van der Waals surface area (Å²) in [5.41, 5.74) is 5.93. The maximum absolute atomic E-state index is 14.4. The van der Waals surface area contributed by atoms with E-state index in [4.69, 9.17) is 14.2 Å². The van der Waals surface area contributed by atoms with E-state index in [2.05, 4.69) is 42.2 Å². The summed E-state index contributed by atoms with van der Waals surface area (Å²) >= 11 is 0. The van der Waals surface area contributed by atoms with Crippen molar-refractivity contribution >= 4 is 5.69 Å². The van der Waals surface area contributed by atoms with Gasteiger partial charge < -0.3 is 24.2 Å². The van der Waals surface area contributed by atoms with Crippen molar-refractivity contribution in [3.8, 4) is 16.9 Å². The minimum atomic E-state index is -0.590. The number of aliphatic hydroxyl groups excluding tert-OH is 1. The number of aliphatic hydroxyl groups is 1. The molecular formula is C28H30FNO4. The van der Waals surface area contributed by atoms with E-state index in [1.165, 1.54) is 17.2 Å². The number of nitrogens with zero attached hydrogens (tertiary/aromatic N) is 1. The molecule has 2 heterocycles. The molecule has 1 N–H and O–H groups in total. The van der Waals surface area contributed by atoms with Crippen molar-refractivity contribution in [2.24, 2.45) is 0 Å². The number of halogens is 1. The van der Waals surface area contributed by atoms with E-state index in [9.17, 15) is 9.50 Å². The molecule has 2 aliphatic rings. The van der Waals surface area contributed by atoms with Crippen molar-refractivity contribution in [1.82, 2.24) is 0 Å². The lowest BCUT2D eigenvalue weighted by Crippen LogP contribution is -2.35. The molecule has 5 nitrogen and oxygen atoms in total. The van der Waals surface area contributed by atoms with Crippen LogP contribution in [0.1, 0.15) is 23.1 Å². The molecule has 2 saturated heterocycles. The lowest BCUT2D eigenvalue weighted by molar-refractivity contribution is -0.140. The van der Waals surface area contributed by atoms with Crippen molar-refractivity contribution in [1.29, 1.82) is 0 Å². The van der Waals surface area contributed by atoms with Gasteiger partial charge in [0.2, 0.25) is 0 Å². The summed E-state index contributed by atoms with van der Waals surface area (Å²) in [6.07, 6.45) is 1.46. The molecular weight excluding hydrogens is 433 g/mol. The Kier molecular flexibility index (Phi) is 6.30. The summed E-state index contributed by atoms with van der Waals surface area (Å²) in [4.78, 5) is 2.18. The van der Waals surface area contributed by atoms with E-state index in [-0.39, 0.29) is 18.5 Å². The number of anilines is 1. The quantitative estimate of drug-likeness (QED) is 0.574. The maximum atomic E-state index is 14.4. The second-order valence-electron chi connectivity index (χ2n) is 9.11. The lowest BCUT2D eigenvalue weighted by Gasteiger charge is -2.26. The molecule has 0 amide bonds. The third-order valence-corrected chi connectivity index (χ3v) is 6.91. The van der Waals surface area contributed by atoms with Gasteiger partial charge in [0.25, 0.3) is 0 Å². The summed E-state index contributed by atoms with van der Waals surface area (Å²) in [6.45, 7) is 3.96. The zero-order valence-corrected chi connectivity index (χ0v) is 19.6. The highest BCUT2D eigenvalue weighted by Crippen LogP contribution is 2.37. The standard InChI is InChI=1S/C28H30FNO4/c1-19-13-22(26-15-25(32-2)9-10-27(26)29)6-5-21(19)14-20-3-7-23(8-4-20)30-18-28(16-24(30)17-31)33-11-12-34-28/h3-10,13,15,24,31H,11-12,14,16-18H2,1-2H3. The second-order valence-corrected chi connectivity index (χ2v) is 9.11. The van der Waals surface area contributed by atoms with Gasteiger partial charge in [-0.3, -0.25) is 0 Å². The van der Waals surface area contributed by atoms with Gasteiger partial charge in [0.15, 0.2) is 5.79 Å². The molecule has 178 valence electrons. The Morgan fingerprint density at radius 2 is 1.82 bits per heavy atom. The van der Waals surface area contributed by atoms with Crippen LogP contribution in [0.2, 0.25) is 0 Å². The van der Waals surface area contributed by atoms with Crippen LogP contribution in [-0.4, -0.2) is 50.4 Å². The van der Waals surface area contributed by atoms with Crippen LogP contribution < -0.4 is 9.64 Å². The van der Waals surface area contributed by atoms with Crippen LogP contribution in [0.3, 0.4) is 0 Å². The van der Waals surface area contributed by atoms with E-state index in [1.54, 1.807) is 19.2 Å². The zero-order valence-electron chi connectivity index (χ0n) is 19.6. The predicted molar refractivity (Wildman–Crippen MR) is 130 cm³/mol. The highest BCUT2D eigenvalue weighted by molar-refractivity contribution is 5.67. The number of benzene rings is 3. The number of aryl methyl sites for hydroxylation is 1. The molecule has 0 aromatic heterocycles. The van der Waals surface area contributed by atoms with Gasteiger partial charge in [-0.05, 0) is 65.9 Å². The summed E-state index contributed by atoms with van der Waals surface area (Å²) in [7, 11) is 1.58. The fourth-order valence-corrected chi connectivity index (χ4v) is 5.03. The fourth-order valence-electron chi connectivity index (χ4n) is 5.03. The van der Waals surface area contributed by atoms with Gasteiger partial charge in [-0.2, -0.15) is 0 Å². The largest absolute Gasteiger partial charge is 0.497 e. The van der Waals surface area contributed by atoms with Crippen molar-refractivity contribution < 1.29 is 23.7 Å². The van der Waals surface area contributed by atoms with Gasteiger partial charge in [-0.15, -0.1) is 0 Å². The molecule has 1 unspecified atom stereocenters. The van der Waals surface area contributed by atoms with Crippen LogP contribution in [0.15, 0.2) is 60.7 Å². The molecule has 3 aromatic rings. The van der Waals surface area contributed by atoms with Gasteiger partial charge in [0.1, 0.15) is 11.6 Å². The molecule has 0 aliphatic carbocycles. The highest BCUT2D eigenvalue weighted by atomic mass is 19.1. The van der Waals surface area contributed by atoms with E-state index in [0.29, 0.717) is 37.5 Å². The van der Waals surface area contributed by atoms with Crippen molar-refractivity contribution in [3.63, 3.8) is 0 Å². The van der Waals surface area contributed by atoms with Gasteiger partial charge in [0, 0.05) is 17.7 Å². The first-order chi connectivity index (χ1) is 16.5. The van der Waals surface area contributed by atoms with Crippen molar-refractivity contribution in [2.75, 3.05) is 38.4 Å². The zero-order chi connectivity index (χ0) is 23.7. The van der Waals surface area contributed by atoms with Crippen molar-refractivity contribution in [3.05, 3.63) is 83.2 Å². The average molecular weight is 464 g/mol. The topological polar surface area (TPSA) is 51.2 Å². The Morgan fingerprint density at radius 1 is 1.06 bits per heavy atom. The number of hydrogen-bond acceptors (Lipinski definition) is 5. The number of hydrogen-bond donors (Lipinski definition) is 1. The monoisotopic (exact) mass is 463 g/mol. The second kappa shape index (κ2) is 9.37. The van der Waals surface area contributed by atoms with Crippen LogP contribution in [0.25, 0.3) is 11.1 Å². The van der Waals surface area contributed by atoms with E-state index >= 15 is 0 Å². The Labute approximate surface area is 199 Å². The Hall–Kier alpha value is -2.93. The fraction of sp³-hybridized carbons (Fsp3) is 0.357. The first kappa shape index (κ1) is 22.8. The molecule has 1 spiro atoms. The van der Waals surface area contributed by atoms with E-state index in [1.807, 2.05) is 12.1 Å². The first-order valence-corrected chi connectivity index (χ1v) is 11.7. The molecule has 0 radical (unpaired) electrons. The molecule has 3 aromatic carbocycles. The van der Waals surface area contributed by atoms with Gasteiger partial charge in [0.05, 0.1) is 39.5 Å². The molecule has 1 atom stereocenters. The molecule has 34 heavy (non-hydrogen) atoms. The van der Waals surface area contributed by atoms with Crippen LogP contribution in [-0.2, 0) is 15.9 Å². The summed E-state index contributed by atoms with van der Waals surface area (Å²) in [6, 6.07) is 19.3. The molecule has 0 saturated carbocycles. The van der Waals surface area contributed by atoms with E-state index in [0.717, 1.165) is 23.2 Å². The molecule has 0 bridgehead atoms. The summed E-state index contributed by atoms with van der Waals surface area (Å²) in [5, 5.41) is 9.89. The molecule has 6 heteroatoms. The number of ether oxygens (including phenoxy) is 3. The summed E-state index contributed by atoms with van der Waals surface area (Å²) < 4.78 is 31.4. The molecule has 5 rings (SSSR count). The van der Waals surface area contributed by atoms with Crippen LogP contribution in [0, 0.1) is 12.7 Å². The Balaban J connectivity index is 1.32. The smallest absolute Gasteiger partial charge is 0.188 e. The van der Waals surface area contributed by atoms with Gasteiger partial charge in [-0.1, -0.05) is 30.3 Å². The van der Waals surface area contributed by atoms with Crippen LogP contribution in [0.4, 0.5) is 10.1 Å². The Morgan fingerprint density at radius 3 is 2.50 bits per heavy atom. The normalized spacial score (nSPS) is 19.2. The SMILES string of the molecule is COc1ccc(F)c(-c2ccc(Cc3ccc(N4CC5(CC4CO)OCCO5)cc3)c(C)c2)c1. The maximum Gasteiger partial charge on any atom is 0.188 e. The van der Waals surface area contributed by atoms with E-state index < -0.39 is 5.79 Å². The molecule has 2 aliphatic heterocycles. The van der Waals surface area contributed by atoms with Crippen LogP contribution in [0.5, 0.6) is 5.75 Å². The van der Waals surface area contributed by atoms with Gasteiger partial charge in [-0.25, -0.2) is 4.39 Å². The Bertz CT molecular complexity index is 1160. The highest BCUT2D eigenvalue weighted by Gasteiger charge is 2.48. The third-order valence-electron chi connectivity index (χ3n) is 6.91. The summed E-state index contributed by atoms with van der Waals surface area (Å²) in [5.74, 6) is -0.217. The predicted octanol–water partition coefficient (Wildman–Crippen LogP) is 4.71. The number of rotatable bonds is 6. The molecule has 2 fully saturated rings. The van der Waals surface area contributed by atoms with Crippen LogP contribution >= 0.6 is 0 Å². The number of methoxy groups -OCH3 is 1. The van der Waals surface area contributed by atoms with Gasteiger partial charge >= 0.3 is 0 Å². The van der Waals surface area contributed by atoms with Crippen molar-refractivity contribution in [2.45, 2.75) is 31.6 Å². The minimum Gasteiger partial charge on any atom is -0.497 e. The first-order valence-electron chi connectivity index (χ1n) is 11.7. The average Bonchev–Trinajstić information content (AvgIpc) is 3.47. The third kappa shape index (κ3) is 4.41. The minimum absolute atomic E-state index is 0.0178. The lowest BCUT2D eigenvalue weighted by atomic mass is 9.95.